The van der Waals surface area contributed by atoms with E-state index in [0.29, 0.717) is 17.0 Å². The molecule has 2 rings (SSSR count). The van der Waals surface area contributed by atoms with E-state index in [4.69, 9.17) is 5.26 Å². The smallest absolute Gasteiger partial charge is 0.244 e. The largest absolute Gasteiger partial charge is 0.350 e. The summed E-state index contributed by atoms with van der Waals surface area (Å²) in [5.74, 6) is -0.0444. The Hall–Kier alpha value is -2.08. The van der Waals surface area contributed by atoms with Gasteiger partial charge >= 0.3 is 0 Å². The van der Waals surface area contributed by atoms with Crippen LogP contribution < -0.4 is 5.32 Å². The van der Waals surface area contributed by atoms with Crippen LogP contribution in [0.1, 0.15) is 44.2 Å². The number of hydrogen-bond acceptors (Lipinski definition) is 2. The molecule has 1 amide bonds. The molecular formula is C17H20N2O. The maximum absolute atomic E-state index is 11.9. The molecule has 1 atom stereocenters. The molecular weight excluding hydrogens is 248 g/mol. The SMILES string of the molecule is CC1(C)CCC(NC(=O)/C=C/c2ccc(C#N)cc2)C1. The molecule has 0 aromatic heterocycles. The van der Waals surface area contributed by atoms with Crippen LogP contribution in [0, 0.1) is 16.7 Å². The third-order valence-electron chi connectivity index (χ3n) is 3.78. The van der Waals surface area contributed by atoms with Gasteiger partial charge in [-0.3, -0.25) is 4.79 Å². The Bertz CT molecular complexity index is 549. The number of amides is 1. The van der Waals surface area contributed by atoms with Gasteiger partial charge in [-0.2, -0.15) is 5.26 Å². The highest BCUT2D eigenvalue weighted by Gasteiger charge is 2.31. The molecule has 0 radical (unpaired) electrons. The molecule has 1 aliphatic carbocycles. The van der Waals surface area contributed by atoms with Crippen molar-refractivity contribution in [2.45, 2.75) is 39.2 Å². The van der Waals surface area contributed by atoms with Crippen molar-refractivity contribution in [3.63, 3.8) is 0 Å². The Morgan fingerprint density at radius 2 is 2.10 bits per heavy atom. The van der Waals surface area contributed by atoms with Crippen molar-refractivity contribution in [3.05, 3.63) is 41.5 Å². The van der Waals surface area contributed by atoms with Gasteiger partial charge in [0.2, 0.25) is 5.91 Å². The summed E-state index contributed by atoms with van der Waals surface area (Å²) in [4.78, 5) is 11.9. The van der Waals surface area contributed by atoms with Gasteiger partial charge in [0, 0.05) is 12.1 Å². The molecule has 1 aromatic rings. The molecule has 1 saturated carbocycles. The molecule has 1 fully saturated rings. The Balaban J connectivity index is 1.88. The number of benzene rings is 1. The maximum Gasteiger partial charge on any atom is 0.244 e. The molecule has 0 aliphatic heterocycles. The van der Waals surface area contributed by atoms with E-state index in [1.54, 1.807) is 24.3 Å². The molecule has 3 nitrogen and oxygen atoms in total. The molecule has 0 heterocycles. The molecule has 3 heteroatoms. The minimum atomic E-state index is -0.0444. The number of nitriles is 1. The molecule has 1 aromatic carbocycles. The third-order valence-corrected chi connectivity index (χ3v) is 3.78. The first-order chi connectivity index (χ1) is 9.48. The molecule has 0 saturated heterocycles. The number of carbonyl (C=O) groups is 1. The van der Waals surface area contributed by atoms with E-state index in [9.17, 15) is 4.79 Å². The van der Waals surface area contributed by atoms with E-state index >= 15 is 0 Å². The quantitative estimate of drug-likeness (QED) is 0.855. The summed E-state index contributed by atoms with van der Waals surface area (Å²) < 4.78 is 0. The molecule has 1 aliphatic rings. The van der Waals surface area contributed by atoms with Crippen LogP contribution in [0.15, 0.2) is 30.3 Å². The highest BCUT2D eigenvalue weighted by atomic mass is 16.1. The van der Waals surface area contributed by atoms with Crippen molar-refractivity contribution in [2.24, 2.45) is 5.41 Å². The number of rotatable bonds is 3. The highest BCUT2D eigenvalue weighted by molar-refractivity contribution is 5.91. The van der Waals surface area contributed by atoms with Gasteiger partial charge in [0.25, 0.3) is 0 Å². The van der Waals surface area contributed by atoms with E-state index in [-0.39, 0.29) is 5.91 Å². The fourth-order valence-corrected chi connectivity index (χ4v) is 2.65. The van der Waals surface area contributed by atoms with Crippen LogP contribution in [0.3, 0.4) is 0 Å². The standard InChI is InChI=1S/C17H20N2O/c1-17(2)10-9-15(11-17)19-16(20)8-7-13-3-5-14(12-18)6-4-13/h3-8,15H,9-11H2,1-2H3,(H,19,20)/b8-7+. The Morgan fingerprint density at radius 3 is 2.65 bits per heavy atom. The van der Waals surface area contributed by atoms with Crippen LogP contribution in [0.5, 0.6) is 0 Å². The predicted octanol–water partition coefficient (Wildman–Crippen LogP) is 3.27. The van der Waals surface area contributed by atoms with Gasteiger partial charge in [-0.15, -0.1) is 0 Å². The van der Waals surface area contributed by atoms with Gasteiger partial charge in [-0.1, -0.05) is 26.0 Å². The van der Waals surface area contributed by atoms with Crippen molar-refractivity contribution in [1.29, 1.82) is 5.26 Å². The topological polar surface area (TPSA) is 52.9 Å². The molecule has 1 N–H and O–H groups in total. The lowest BCUT2D eigenvalue weighted by Gasteiger charge is -2.17. The first-order valence-corrected chi connectivity index (χ1v) is 6.97. The fraction of sp³-hybridized carbons (Fsp3) is 0.412. The van der Waals surface area contributed by atoms with Crippen LogP contribution >= 0.6 is 0 Å². The van der Waals surface area contributed by atoms with E-state index in [1.807, 2.05) is 12.1 Å². The van der Waals surface area contributed by atoms with Crippen molar-refractivity contribution < 1.29 is 4.79 Å². The monoisotopic (exact) mass is 268 g/mol. The summed E-state index contributed by atoms with van der Waals surface area (Å²) in [6.07, 6.45) is 6.60. The second-order valence-electron chi connectivity index (χ2n) is 6.18. The molecule has 0 spiro atoms. The van der Waals surface area contributed by atoms with Gasteiger partial charge in [-0.05, 0) is 48.4 Å². The van der Waals surface area contributed by atoms with Crippen LogP contribution in [-0.4, -0.2) is 11.9 Å². The zero-order valence-corrected chi connectivity index (χ0v) is 12.0. The lowest BCUT2D eigenvalue weighted by atomic mass is 9.92. The van der Waals surface area contributed by atoms with Crippen LogP contribution in [0.25, 0.3) is 6.08 Å². The van der Waals surface area contributed by atoms with Crippen molar-refractivity contribution in [2.75, 3.05) is 0 Å². The summed E-state index contributed by atoms with van der Waals surface area (Å²) in [5.41, 5.74) is 1.89. The molecule has 104 valence electrons. The van der Waals surface area contributed by atoms with E-state index < -0.39 is 0 Å². The fourth-order valence-electron chi connectivity index (χ4n) is 2.65. The Kier molecular flexibility index (Phi) is 4.24. The Labute approximate surface area is 120 Å². The molecule has 20 heavy (non-hydrogen) atoms. The molecule has 1 unspecified atom stereocenters. The highest BCUT2D eigenvalue weighted by Crippen LogP contribution is 2.36. The minimum Gasteiger partial charge on any atom is -0.350 e. The summed E-state index contributed by atoms with van der Waals surface area (Å²) in [7, 11) is 0. The van der Waals surface area contributed by atoms with Crippen molar-refractivity contribution in [3.8, 4) is 6.07 Å². The van der Waals surface area contributed by atoms with Gasteiger partial charge < -0.3 is 5.32 Å². The minimum absolute atomic E-state index is 0.0444. The van der Waals surface area contributed by atoms with E-state index in [0.717, 1.165) is 24.8 Å². The first-order valence-electron chi connectivity index (χ1n) is 6.97. The first kappa shape index (κ1) is 14.3. The van der Waals surface area contributed by atoms with Crippen LogP contribution in [0.2, 0.25) is 0 Å². The van der Waals surface area contributed by atoms with Crippen molar-refractivity contribution in [1.82, 2.24) is 5.32 Å². The maximum atomic E-state index is 11.9. The summed E-state index contributed by atoms with van der Waals surface area (Å²) >= 11 is 0. The van der Waals surface area contributed by atoms with E-state index in [1.165, 1.54) is 0 Å². The van der Waals surface area contributed by atoms with Crippen LogP contribution in [0.4, 0.5) is 0 Å². The lowest BCUT2D eigenvalue weighted by Crippen LogP contribution is -2.32. The predicted molar refractivity (Wildman–Crippen MR) is 79.8 cm³/mol. The second kappa shape index (κ2) is 5.92. The average Bonchev–Trinajstić information content (AvgIpc) is 2.76. The summed E-state index contributed by atoms with van der Waals surface area (Å²) in [6.45, 7) is 4.48. The van der Waals surface area contributed by atoms with Crippen LogP contribution in [-0.2, 0) is 4.79 Å². The molecule has 0 bridgehead atoms. The zero-order chi connectivity index (χ0) is 14.6. The van der Waals surface area contributed by atoms with Crippen molar-refractivity contribution >= 4 is 12.0 Å². The summed E-state index contributed by atoms with van der Waals surface area (Å²) in [6, 6.07) is 9.53. The second-order valence-corrected chi connectivity index (χ2v) is 6.18. The van der Waals surface area contributed by atoms with Gasteiger partial charge in [0.15, 0.2) is 0 Å². The number of hydrogen-bond donors (Lipinski definition) is 1. The zero-order valence-electron chi connectivity index (χ0n) is 12.0. The average molecular weight is 268 g/mol. The summed E-state index contributed by atoms with van der Waals surface area (Å²) in [5, 5.41) is 11.8. The number of nitrogens with one attached hydrogen (secondary N) is 1. The third kappa shape index (κ3) is 3.96. The number of nitrogens with zero attached hydrogens (tertiary/aromatic N) is 1. The lowest BCUT2D eigenvalue weighted by molar-refractivity contribution is -0.117. The Morgan fingerprint density at radius 1 is 1.40 bits per heavy atom. The van der Waals surface area contributed by atoms with Gasteiger partial charge in [0.05, 0.1) is 11.6 Å². The van der Waals surface area contributed by atoms with E-state index in [2.05, 4.69) is 25.2 Å². The van der Waals surface area contributed by atoms with Gasteiger partial charge in [0.1, 0.15) is 0 Å². The number of carbonyl (C=O) groups excluding carboxylic acids is 1. The normalized spacial score (nSPS) is 20.8. The van der Waals surface area contributed by atoms with Gasteiger partial charge in [-0.25, -0.2) is 0 Å².